The minimum absolute atomic E-state index is 0.125. The third kappa shape index (κ3) is 3.72. The number of hydrogen-bond donors (Lipinski definition) is 2. The third-order valence-corrected chi connectivity index (χ3v) is 8.27. The first-order chi connectivity index (χ1) is 17.4. The number of imide groups is 1. The van der Waals surface area contributed by atoms with E-state index in [1.165, 1.54) is 4.90 Å². The maximum atomic E-state index is 13.9. The van der Waals surface area contributed by atoms with Crippen molar-refractivity contribution in [1.82, 2.24) is 19.7 Å². The molecule has 3 amide bonds. The summed E-state index contributed by atoms with van der Waals surface area (Å²) < 4.78 is 6.38. The molecule has 0 bridgehead atoms. The number of aromatic hydroxyl groups is 1. The quantitative estimate of drug-likeness (QED) is 0.466. The highest BCUT2D eigenvalue weighted by atomic mass is 79.9. The zero-order valence-corrected chi connectivity index (χ0v) is 21.8. The van der Waals surface area contributed by atoms with Crippen molar-refractivity contribution in [2.24, 2.45) is 0 Å². The lowest BCUT2D eigenvalue weighted by Gasteiger charge is -2.42. The van der Waals surface area contributed by atoms with Crippen molar-refractivity contribution >= 4 is 38.8 Å². The molecule has 0 spiro atoms. The van der Waals surface area contributed by atoms with Gasteiger partial charge in [0.1, 0.15) is 17.3 Å². The molecule has 6 rings (SSSR count). The first kappa shape index (κ1) is 23.5. The van der Waals surface area contributed by atoms with Crippen LogP contribution in [-0.2, 0) is 16.0 Å². The monoisotopic (exact) mass is 552 g/mol. The zero-order valence-electron chi connectivity index (χ0n) is 20.2. The van der Waals surface area contributed by atoms with Crippen molar-refractivity contribution in [1.29, 1.82) is 0 Å². The summed E-state index contributed by atoms with van der Waals surface area (Å²) in [7, 11) is 0. The number of hydrogen-bond acceptors (Lipinski definition) is 5. The van der Waals surface area contributed by atoms with E-state index in [0.29, 0.717) is 13.0 Å². The molecule has 8 nitrogen and oxygen atoms in total. The van der Waals surface area contributed by atoms with Crippen LogP contribution in [0.15, 0.2) is 46.9 Å². The predicted molar refractivity (Wildman–Crippen MR) is 139 cm³/mol. The van der Waals surface area contributed by atoms with Gasteiger partial charge >= 0.3 is 6.03 Å². The molecule has 4 heterocycles. The third-order valence-electron chi connectivity index (χ3n) is 7.77. The number of ether oxygens (including phenoxy) is 1. The van der Waals surface area contributed by atoms with Gasteiger partial charge in [-0.15, -0.1) is 0 Å². The second-order valence-electron chi connectivity index (χ2n) is 10.1. The van der Waals surface area contributed by atoms with E-state index in [0.717, 1.165) is 71.5 Å². The first-order valence-corrected chi connectivity index (χ1v) is 13.2. The summed E-state index contributed by atoms with van der Waals surface area (Å²) >= 11 is 3.58. The second kappa shape index (κ2) is 8.90. The number of urea groups is 1. The van der Waals surface area contributed by atoms with E-state index < -0.39 is 11.6 Å². The van der Waals surface area contributed by atoms with Gasteiger partial charge in [-0.05, 0) is 54.8 Å². The number of aromatic amines is 1. The molecule has 2 N–H and O–H groups in total. The molecular formula is C27H29BrN4O4. The van der Waals surface area contributed by atoms with Gasteiger partial charge in [-0.3, -0.25) is 19.5 Å². The number of carbonyl (C=O) groups excluding carboxylic acids is 2. The van der Waals surface area contributed by atoms with Crippen LogP contribution in [0.2, 0.25) is 0 Å². The normalized spacial score (nSPS) is 24.4. The molecule has 0 radical (unpaired) electrons. The molecule has 2 saturated heterocycles. The number of fused-ring (bicyclic) bond motifs is 4. The molecule has 3 aliphatic rings. The number of rotatable bonds is 5. The van der Waals surface area contributed by atoms with Crippen LogP contribution >= 0.6 is 15.9 Å². The van der Waals surface area contributed by atoms with Crippen molar-refractivity contribution in [2.75, 3.05) is 39.4 Å². The molecular weight excluding hydrogens is 524 g/mol. The molecule has 3 aromatic rings. The van der Waals surface area contributed by atoms with E-state index in [2.05, 4.69) is 31.9 Å². The maximum Gasteiger partial charge on any atom is 0.328 e. The molecule has 0 unspecified atom stereocenters. The molecule has 0 saturated carbocycles. The topological polar surface area (TPSA) is 89.1 Å². The fourth-order valence-electron chi connectivity index (χ4n) is 6.00. The number of halogens is 1. The van der Waals surface area contributed by atoms with E-state index in [4.69, 9.17) is 4.74 Å². The summed E-state index contributed by atoms with van der Waals surface area (Å²) in [5.74, 6) is -0.0323. The smallest absolute Gasteiger partial charge is 0.328 e. The number of morpholine rings is 1. The van der Waals surface area contributed by atoms with Gasteiger partial charge in [0.15, 0.2) is 0 Å². The molecule has 3 aliphatic heterocycles. The van der Waals surface area contributed by atoms with Crippen molar-refractivity contribution in [3.05, 3.63) is 63.8 Å². The lowest BCUT2D eigenvalue weighted by Crippen LogP contribution is -2.53. The fourth-order valence-corrected chi connectivity index (χ4v) is 6.36. The van der Waals surface area contributed by atoms with Crippen molar-refractivity contribution < 1.29 is 19.4 Å². The summed E-state index contributed by atoms with van der Waals surface area (Å²) in [6.45, 7) is 6.29. The summed E-state index contributed by atoms with van der Waals surface area (Å²) in [5.41, 5.74) is 2.64. The van der Waals surface area contributed by atoms with Crippen LogP contribution in [-0.4, -0.2) is 81.7 Å². The molecule has 188 valence electrons. The Kier molecular flexibility index (Phi) is 5.81. The Balaban J connectivity index is 1.39. The molecule has 2 aromatic carbocycles. The van der Waals surface area contributed by atoms with Crippen LogP contribution in [0.25, 0.3) is 10.9 Å². The van der Waals surface area contributed by atoms with Crippen LogP contribution in [0.1, 0.15) is 36.2 Å². The summed E-state index contributed by atoms with van der Waals surface area (Å²) in [6.07, 6.45) is 1.15. The number of amides is 3. The number of phenols is 1. The molecule has 2 fully saturated rings. The Morgan fingerprint density at radius 1 is 1.14 bits per heavy atom. The lowest BCUT2D eigenvalue weighted by atomic mass is 9.81. The maximum absolute atomic E-state index is 13.9. The zero-order chi connectivity index (χ0) is 25.0. The minimum Gasteiger partial charge on any atom is -0.508 e. The Bertz CT molecular complexity index is 1350. The van der Waals surface area contributed by atoms with Gasteiger partial charge in [0.2, 0.25) is 0 Å². The number of nitrogens with one attached hydrogen (secondary N) is 1. The number of carbonyl (C=O) groups is 2. The number of aromatic nitrogens is 1. The van der Waals surface area contributed by atoms with E-state index in [1.807, 2.05) is 25.1 Å². The summed E-state index contributed by atoms with van der Waals surface area (Å²) in [5, 5.41) is 11.3. The van der Waals surface area contributed by atoms with E-state index in [1.54, 1.807) is 23.1 Å². The van der Waals surface area contributed by atoms with Gasteiger partial charge in [-0.2, -0.15) is 0 Å². The highest BCUT2D eigenvalue weighted by Crippen LogP contribution is 2.49. The molecule has 2 atom stereocenters. The standard InChI is InChI=1S/C27H29BrN4O4/c1-27-16-21-20-15-18(28)6-7-22(20)29-23(21)24(17-4-2-5-19(33)14-17)32(27)26(35)31(25(27)34)9-3-8-30-10-12-36-13-11-30/h2,4-7,14-15,24,29,33H,3,8-13,16H2,1H3/t24-,27+/m1/s1. The lowest BCUT2D eigenvalue weighted by molar-refractivity contribution is -0.133. The fraction of sp³-hybridized carbons (Fsp3) is 0.407. The van der Waals surface area contributed by atoms with E-state index >= 15 is 0 Å². The predicted octanol–water partition coefficient (Wildman–Crippen LogP) is 4.03. The van der Waals surface area contributed by atoms with Crippen LogP contribution in [0.3, 0.4) is 0 Å². The number of H-pyrrole nitrogens is 1. The number of benzene rings is 2. The summed E-state index contributed by atoms with van der Waals surface area (Å²) in [6, 6.07) is 12.2. The van der Waals surface area contributed by atoms with E-state index in [9.17, 15) is 14.7 Å². The minimum atomic E-state index is -1.02. The number of nitrogens with zero attached hydrogens (tertiary/aromatic N) is 3. The van der Waals surface area contributed by atoms with Crippen LogP contribution in [0.5, 0.6) is 5.75 Å². The van der Waals surface area contributed by atoms with E-state index in [-0.39, 0.29) is 17.7 Å². The Morgan fingerprint density at radius 3 is 2.72 bits per heavy atom. The molecule has 1 aromatic heterocycles. The van der Waals surface area contributed by atoms with Gasteiger partial charge in [0, 0.05) is 53.7 Å². The number of phenolic OH excluding ortho intramolecular Hbond substituents is 1. The largest absolute Gasteiger partial charge is 0.508 e. The van der Waals surface area contributed by atoms with Crippen LogP contribution < -0.4 is 0 Å². The van der Waals surface area contributed by atoms with Gasteiger partial charge in [0.05, 0.1) is 13.2 Å². The molecule has 0 aliphatic carbocycles. The average molecular weight is 553 g/mol. The average Bonchev–Trinajstić information content (AvgIpc) is 3.30. The van der Waals surface area contributed by atoms with Gasteiger partial charge in [0.25, 0.3) is 5.91 Å². The van der Waals surface area contributed by atoms with Crippen molar-refractivity contribution in [3.63, 3.8) is 0 Å². The Hall–Kier alpha value is -2.88. The Morgan fingerprint density at radius 2 is 1.94 bits per heavy atom. The molecule has 36 heavy (non-hydrogen) atoms. The van der Waals surface area contributed by atoms with Gasteiger partial charge in [-0.25, -0.2) is 4.79 Å². The van der Waals surface area contributed by atoms with Crippen LogP contribution in [0, 0.1) is 0 Å². The molecule has 9 heteroatoms. The van der Waals surface area contributed by atoms with Gasteiger partial charge < -0.3 is 14.8 Å². The Labute approximate surface area is 217 Å². The van der Waals surface area contributed by atoms with Crippen molar-refractivity contribution in [2.45, 2.75) is 31.3 Å². The highest BCUT2D eigenvalue weighted by Gasteiger charge is 2.60. The van der Waals surface area contributed by atoms with Gasteiger partial charge in [-0.1, -0.05) is 28.1 Å². The SMILES string of the molecule is C[C@@]12Cc3c([nH]c4ccc(Br)cc34)[C@@H](c3cccc(O)c3)N1C(=O)N(CCCN1CCOCC1)C2=O. The summed E-state index contributed by atoms with van der Waals surface area (Å²) in [4.78, 5) is 36.8. The van der Waals surface area contributed by atoms with Crippen molar-refractivity contribution in [3.8, 4) is 5.75 Å². The second-order valence-corrected chi connectivity index (χ2v) is 11.0. The van der Waals surface area contributed by atoms with Crippen LogP contribution in [0.4, 0.5) is 4.79 Å². The first-order valence-electron chi connectivity index (χ1n) is 12.4. The highest BCUT2D eigenvalue weighted by molar-refractivity contribution is 9.10.